The molecule has 3 aromatic carbocycles. The van der Waals surface area contributed by atoms with Gasteiger partial charge >= 0.3 is 0 Å². The molecule has 0 spiro atoms. The Morgan fingerprint density at radius 3 is 2.46 bits per heavy atom. The lowest BCUT2D eigenvalue weighted by molar-refractivity contribution is -0.384. The molecule has 0 aliphatic carbocycles. The van der Waals surface area contributed by atoms with Crippen LogP contribution in [0.4, 0.5) is 5.69 Å². The molecule has 3 aromatic rings. The minimum absolute atomic E-state index is 0.0307. The molecule has 0 atom stereocenters. The summed E-state index contributed by atoms with van der Waals surface area (Å²) < 4.78 is 0. The summed E-state index contributed by atoms with van der Waals surface area (Å²) in [6.07, 6.45) is 0. The molecule has 1 aliphatic rings. The molecule has 0 amide bonds. The van der Waals surface area contributed by atoms with Gasteiger partial charge in [-0.05, 0) is 34.5 Å². The number of hydrogen-bond acceptors (Lipinski definition) is 4. The third kappa shape index (κ3) is 2.20. The minimum Gasteiger partial charge on any atom is -0.282 e. The lowest BCUT2D eigenvalue weighted by Crippen LogP contribution is -2.19. The Morgan fingerprint density at radius 1 is 1.12 bits per heavy atom. The molecule has 1 aliphatic heterocycles. The monoisotopic (exact) mass is 345 g/mol. The van der Waals surface area contributed by atoms with E-state index in [0.717, 1.165) is 38.1 Å². The second-order valence-corrected chi connectivity index (χ2v) is 6.00. The van der Waals surface area contributed by atoms with E-state index in [2.05, 4.69) is 11.6 Å². The zero-order valence-corrected chi connectivity index (χ0v) is 14.0. The maximum Gasteiger partial charge on any atom is 0.269 e. The zero-order chi connectivity index (χ0) is 18.4. The van der Waals surface area contributed by atoms with Gasteiger partial charge in [0.15, 0.2) is 5.84 Å². The van der Waals surface area contributed by atoms with E-state index in [-0.39, 0.29) is 5.69 Å². The first-order valence-corrected chi connectivity index (χ1v) is 7.99. The molecule has 1 heterocycles. The van der Waals surface area contributed by atoms with Crippen molar-refractivity contribution in [1.82, 2.24) is 5.06 Å². The number of aliphatic imine (C=N–C) groups is 1. The van der Waals surface area contributed by atoms with Crippen molar-refractivity contribution in [2.45, 2.75) is 0 Å². The lowest BCUT2D eigenvalue weighted by Gasteiger charge is -2.13. The van der Waals surface area contributed by atoms with E-state index in [1.54, 1.807) is 19.2 Å². The Morgan fingerprint density at radius 2 is 1.81 bits per heavy atom. The highest BCUT2D eigenvalue weighted by Crippen LogP contribution is 2.42. The van der Waals surface area contributed by atoms with Crippen molar-refractivity contribution in [2.75, 3.05) is 7.05 Å². The van der Waals surface area contributed by atoms with Gasteiger partial charge in [-0.1, -0.05) is 30.8 Å². The molecule has 0 saturated heterocycles. The van der Waals surface area contributed by atoms with Crippen molar-refractivity contribution in [1.29, 1.82) is 0 Å². The molecule has 26 heavy (non-hydrogen) atoms. The van der Waals surface area contributed by atoms with Crippen molar-refractivity contribution in [3.63, 3.8) is 0 Å². The number of fused-ring (bicyclic) bond motifs is 2. The van der Waals surface area contributed by atoms with Crippen LogP contribution in [0.1, 0.15) is 11.1 Å². The van der Waals surface area contributed by atoms with Gasteiger partial charge in [0, 0.05) is 35.9 Å². The average molecular weight is 345 g/mol. The predicted octanol–water partition coefficient (Wildman–Crippen LogP) is 4.47. The van der Waals surface area contributed by atoms with Crippen molar-refractivity contribution >= 4 is 28.0 Å². The van der Waals surface area contributed by atoms with Crippen molar-refractivity contribution in [3.05, 3.63) is 82.4 Å². The molecule has 0 saturated carbocycles. The van der Waals surface area contributed by atoms with E-state index in [1.807, 2.05) is 30.3 Å². The van der Waals surface area contributed by atoms with Crippen LogP contribution in [0.3, 0.4) is 0 Å². The Labute approximate surface area is 149 Å². The van der Waals surface area contributed by atoms with Gasteiger partial charge in [0.05, 0.1) is 10.6 Å². The lowest BCUT2D eigenvalue weighted by atomic mass is 9.90. The topological polar surface area (TPSA) is 79.0 Å². The summed E-state index contributed by atoms with van der Waals surface area (Å²) >= 11 is 0. The van der Waals surface area contributed by atoms with Gasteiger partial charge in [-0.3, -0.25) is 20.3 Å². The van der Waals surface area contributed by atoms with Crippen LogP contribution in [0, 0.1) is 10.1 Å². The van der Waals surface area contributed by atoms with Gasteiger partial charge < -0.3 is 0 Å². The summed E-state index contributed by atoms with van der Waals surface area (Å²) in [5.74, 6) is 0.407. The summed E-state index contributed by atoms with van der Waals surface area (Å²) in [5.41, 5.74) is 3.73. The Hall–Kier alpha value is -3.51. The highest BCUT2D eigenvalue weighted by molar-refractivity contribution is 6.20. The smallest absolute Gasteiger partial charge is 0.269 e. The quantitative estimate of drug-likeness (QED) is 0.549. The van der Waals surface area contributed by atoms with Crippen LogP contribution in [-0.4, -0.2) is 28.1 Å². The number of hydroxylamine groups is 2. The molecule has 6 nitrogen and oxygen atoms in total. The number of non-ortho nitro benzene ring substituents is 1. The third-order valence-corrected chi connectivity index (χ3v) is 4.62. The fraction of sp³-hybridized carbons (Fsp3) is 0.0500. The Bertz CT molecular complexity index is 1100. The largest absolute Gasteiger partial charge is 0.282 e. The van der Waals surface area contributed by atoms with Crippen LogP contribution < -0.4 is 0 Å². The molecule has 128 valence electrons. The van der Waals surface area contributed by atoms with Crippen LogP contribution in [0.25, 0.3) is 27.6 Å². The van der Waals surface area contributed by atoms with E-state index >= 15 is 0 Å². The van der Waals surface area contributed by atoms with Gasteiger partial charge in [-0.15, -0.1) is 0 Å². The minimum atomic E-state index is -0.423. The van der Waals surface area contributed by atoms with Crippen LogP contribution in [-0.2, 0) is 0 Å². The fourth-order valence-corrected chi connectivity index (χ4v) is 3.41. The maximum absolute atomic E-state index is 11.0. The van der Waals surface area contributed by atoms with Gasteiger partial charge in [0.2, 0.25) is 0 Å². The highest BCUT2D eigenvalue weighted by atomic mass is 16.6. The van der Waals surface area contributed by atoms with Crippen LogP contribution in [0.5, 0.6) is 0 Å². The molecule has 1 N–H and O–H groups in total. The molecule has 0 aromatic heterocycles. The molecular formula is C20H15N3O3. The summed E-state index contributed by atoms with van der Waals surface area (Å²) in [6, 6.07) is 16.2. The molecule has 0 unspecified atom stereocenters. The Kier molecular flexibility index (Phi) is 3.56. The zero-order valence-electron chi connectivity index (χ0n) is 14.0. The number of nitro benzene ring substituents is 1. The van der Waals surface area contributed by atoms with Gasteiger partial charge in [0.1, 0.15) is 0 Å². The molecule has 6 heteroatoms. The van der Waals surface area contributed by atoms with Crippen molar-refractivity contribution in [3.8, 4) is 11.1 Å². The number of amidine groups is 1. The number of nitro groups is 1. The van der Waals surface area contributed by atoms with E-state index < -0.39 is 4.92 Å². The summed E-state index contributed by atoms with van der Waals surface area (Å²) in [5, 5.41) is 24.3. The van der Waals surface area contributed by atoms with E-state index in [9.17, 15) is 15.3 Å². The Balaban J connectivity index is 2.09. The van der Waals surface area contributed by atoms with E-state index in [4.69, 9.17) is 0 Å². The first-order chi connectivity index (χ1) is 12.5. The van der Waals surface area contributed by atoms with Gasteiger partial charge in [-0.25, -0.2) is 5.06 Å². The second-order valence-electron chi connectivity index (χ2n) is 6.00. The van der Waals surface area contributed by atoms with Gasteiger partial charge in [-0.2, -0.15) is 0 Å². The van der Waals surface area contributed by atoms with Gasteiger partial charge in [0.25, 0.3) is 5.69 Å². The van der Waals surface area contributed by atoms with E-state index in [0.29, 0.717) is 11.5 Å². The maximum atomic E-state index is 11.0. The number of hydrogen-bond donors (Lipinski definition) is 1. The number of benzene rings is 3. The number of nitrogens with zero attached hydrogens (tertiary/aromatic N) is 3. The number of rotatable bonds is 2. The third-order valence-electron chi connectivity index (χ3n) is 4.62. The standard InChI is InChI=1S/C20H15N3O3/c1-12-17-11-14-5-3-4-6-16(14)18(19(17)20(21-2)22(12)24)13-7-9-15(10-8-13)23(25)26/h3-11,24H,1H2,2H3. The highest BCUT2D eigenvalue weighted by Gasteiger charge is 2.32. The predicted molar refractivity (Wildman–Crippen MR) is 101 cm³/mol. The van der Waals surface area contributed by atoms with E-state index in [1.165, 1.54) is 12.1 Å². The first-order valence-electron chi connectivity index (χ1n) is 7.99. The summed E-state index contributed by atoms with van der Waals surface area (Å²) in [7, 11) is 1.61. The first kappa shape index (κ1) is 16.0. The SMILES string of the molecule is C=C1c2cc3ccccc3c(-c3ccc([N+](=O)[O-])cc3)c2C(=NC)N1O. The van der Waals surface area contributed by atoms with Crippen molar-refractivity contribution in [2.24, 2.45) is 4.99 Å². The van der Waals surface area contributed by atoms with Crippen LogP contribution >= 0.6 is 0 Å². The van der Waals surface area contributed by atoms with Crippen LogP contribution in [0.15, 0.2) is 66.2 Å². The second kappa shape index (κ2) is 5.79. The van der Waals surface area contributed by atoms with Crippen LogP contribution in [0.2, 0.25) is 0 Å². The normalized spacial score (nSPS) is 14.9. The fourth-order valence-electron chi connectivity index (χ4n) is 3.41. The molecule has 4 rings (SSSR count). The summed E-state index contributed by atoms with van der Waals surface area (Å²) in [4.78, 5) is 14.8. The molecular weight excluding hydrogens is 330 g/mol. The molecule has 0 radical (unpaired) electrons. The summed E-state index contributed by atoms with van der Waals surface area (Å²) in [6.45, 7) is 3.96. The molecule has 0 fully saturated rings. The average Bonchev–Trinajstić information content (AvgIpc) is 2.90. The van der Waals surface area contributed by atoms with Crippen molar-refractivity contribution < 1.29 is 10.1 Å². The molecule has 0 bridgehead atoms.